The SMILES string of the molecule is COc1ccccc1NS(=O)(=O)c1ccc2oc(SC(C)C(=O)N3CCCCCC3)nc2c1. The first-order valence-corrected chi connectivity index (χ1v) is 13.3. The Bertz CT molecular complexity index is 1230. The molecule has 1 aliphatic heterocycles. The van der Waals surface area contributed by atoms with Gasteiger partial charge in [-0.1, -0.05) is 36.7 Å². The second kappa shape index (κ2) is 10.0. The number of thioether (sulfide) groups is 1. The maximum Gasteiger partial charge on any atom is 0.262 e. The van der Waals surface area contributed by atoms with Crippen molar-refractivity contribution in [3.05, 3.63) is 42.5 Å². The second-order valence-corrected chi connectivity index (χ2v) is 10.9. The summed E-state index contributed by atoms with van der Waals surface area (Å²) in [5.41, 5.74) is 1.22. The highest BCUT2D eigenvalue weighted by Crippen LogP contribution is 2.31. The summed E-state index contributed by atoms with van der Waals surface area (Å²) in [7, 11) is -2.38. The Balaban J connectivity index is 1.50. The van der Waals surface area contributed by atoms with Gasteiger partial charge >= 0.3 is 0 Å². The number of nitrogens with one attached hydrogen (secondary N) is 1. The predicted octanol–water partition coefficient (Wildman–Crippen LogP) is 4.52. The van der Waals surface area contributed by atoms with Crippen LogP contribution in [0.2, 0.25) is 0 Å². The molecule has 4 rings (SSSR count). The Labute approximate surface area is 197 Å². The van der Waals surface area contributed by atoms with Crippen LogP contribution in [0.15, 0.2) is 57.0 Å². The van der Waals surface area contributed by atoms with Gasteiger partial charge < -0.3 is 14.1 Å². The number of oxazole rings is 1. The number of rotatable bonds is 7. The van der Waals surface area contributed by atoms with Gasteiger partial charge in [-0.05, 0) is 50.1 Å². The highest BCUT2D eigenvalue weighted by Gasteiger charge is 2.25. The summed E-state index contributed by atoms with van der Waals surface area (Å²) < 4.78 is 39.4. The number of para-hydroxylation sites is 2. The molecular formula is C23H27N3O5S2. The Morgan fingerprint density at radius 3 is 2.61 bits per heavy atom. The van der Waals surface area contributed by atoms with Crippen LogP contribution in [0.25, 0.3) is 11.1 Å². The van der Waals surface area contributed by atoms with E-state index in [1.807, 2.05) is 11.8 Å². The lowest BCUT2D eigenvalue weighted by molar-refractivity contribution is -0.130. The zero-order chi connectivity index (χ0) is 23.4. The lowest BCUT2D eigenvalue weighted by Crippen LogP contribution is -2.37. The second-order valence-electron chi connectivity index (χ2n) is 7.91. The van der Waals surface area contributed by atoms with E-state index in [0.717, 1.165) is 38.8 Å². The number of nitrogens with zero attached hydrogens (tertiary/aromatic N) is 2. The number of hydrogen-bond acceptors (Lipinski definition) is 7. The normalized spacial score (nSPS) is 15.8. The van der Waals surface area contributed by atoms with Crippen molar-refractivity contribution in [1.82, 2.24) is 9.88 Å². The van der Waals surface area contributed by atoms with Gasteiger partial charge in [0.1, 0.15) is 11.3 Å². The fraction of sp³-hybridized carbons (Fsp3) is 0.391. The van der Waals surface area contributed by atoms with Crippen molar-refractivity contribution < 1.29 is 22.4 Å². The van der Waals surface area contributed by atoms with Gasteiger partial charge in [-0.25, -0.2) is 13.4 Å². The van der Waals surface area contributed by atoms with Crippen LogP contribution < -0.4 is 9.46 Å². The molecule has 0 bridgehead atoms. The van der Waals surface area contributed by atoms with E-state index in [-0.39, 0.29) is 16.1 Å². The zero-order valence-electron chi connectivity index (χ0n) is 18.6. The van der Waals surface area contributed by atoms with E-state index >= 15 is 0 Å². The van der Waals surface area contributed by atoms with Crippen LogP contribution in [0.1, 0.15) is 32.6 Å². The summed E-state index contributed by atoms with van der Waals surface area (Å²) in [5, 5.41) is -0.000477. The maximum atomic E-state index is 12.9. The molecule has 1 N–H and O–H groups in total. The van der Waals surface area contributed by atoms with E-state index in [4.69, 9.17) is 9.15 Å². The number of aromatic nitrogens is 1. The minimum absolute atomic E-state index is 0.0550. The van der Waals surface area contributed by atoms with Crippen LogP contribution in [0, 0.1) is 0 Å². The first kappa shape index (κ1) is 23.4. The summed E-state index contributed by atoms with van der Waals surface area (Å²) in [6.07, 6.45) is 4.39. The van der Waals surface area contributed by atoms with Gasteiger partial charge in [0.25, 0.3) is 15.2 Å². The molecule has 1 unspecified atom stereocenters. The number of methoxy groups -OCH3 is 1. The lowest BCUT2D eigenvalue weighted by Gasteiger charge is -2.23. The zero-order valence-corrected chi connectivity index (χ0v) is 20.2. The molecule has 0 radical (unpaired) electrons. The van der Waals surface area contributed by atoms with Crippen LogP contribution in [0.4, 0.5) is 5.69 Å². The van der Waals surface area contributed by atoms with Crippen LogP contribution in [0.3, 0.4) is 0 Å². The van der Waals surface area contributed by atoms with E-state index in [0.29, 0.717) is 27.8 Å². The van der Waals surface area contributed by atoms with Crippen molar-refractivity contribution in [3.63, 3.8) is 0 Å². The minimum atomic E-state index is -3.86. The number of benzene rings is 2. The monoisotopic (exact) mass is 489 g/mol. The molecule has 2 aromatic carbocycles. The lowest BCUT2D eigenvalue weighted by atomic mass is 10.2. The summed E-state index contributed by atoms with van der Waals surface area (Å²) in [6, 6.07) is 11.3. The highest BCUT2D eigenvalue weighted by atomic mass is 32.2. The topological polar surface area (TPSA) is 102 Å². The molecule has 1 saturated heterocycles. The van der Waals surface area contributed by atoms with Crippen LogP contribution in [-0.2, 0) is 14.8 Å². The number of anilines is 1. The van der Waals surface area contributed by atoms with Gasteiger partial charge in [-0.2, -0.15) is 0 Å². The van der Waals surface area contributed by atoms with Crippen molar-refractivity contribution >= 4 is 44.5 Å². The number of hydrogen-bond donors (Lipinski definition) is 1. The smallest absolute Gasteiger partial charge is 0.262 e. The average Bonchev–Trinajstić information content (AvgIpc) is 3.01. The molecule has 1 atom stereocenters. The number of ether oxygens (including phenoxy) is 1. The quantitative estimate of drug-likeness (QED) is 0.487. The van der Waals surface area contributed by atoms with Crippen molar-refractivity contribution in [2.75, 3.05) is 24.9 Å². The Morgan fingerprint density at radius 1 is 1.15 bits per heavy atom. The Kier molecular flexibility index (Phi) is 7.14. The molecule has 8 nitrogen and oxygen atoms in total. The highest BCUT2D eigenvalue weighted by molar-refractivity contribution is 8.00. The third-order valence-corrected chi connectivity index (χ3v) is 7.84. The fourth-order valence-electron chi connectivity index (χ4n) is 3.79. The van der Waals surface area contributed by atoms with Crippen LogP contribution in [-0.4, -0.2) is 49.7 Å². The van der Waals surface area contributed by atoms with Gasteiger partial charge in [0.05, 0.1) is 22.9 Å². The molecule has 1 fully saturated rings. The summed E-state index contributed by atoms with van der Waals surface area (Å²) in [4.78, 5) is 19.2. The molecule has 1 aliphatic rings. The Morgan fingerprint density at radius 2 is 1.88 bits per heavy atom. The predicted molar refractivity (Wildman–Crippen MR) is 128 cm³/mol. The van der Waals surface area contributed by atoms with Gasteiger partial charge in [-0.15, -0.1) is 0 Å². The Hall–Kier alpha value is -2.72. The molecule has 0 spiro atoms. The van der Waals surface area contributed by atoms with E-state index < -0.39 is 10.0 Å². The molecule has 10 heteroatoms. The van der Waals surface area contributed by atoms with Crippen molar-refractivity contribution in [2.45, 2.75) is 48.0 Å². The molecule has 1 aromatic heterocycles. The van der Waals surface area contributed by atoms with Gasteiger partial charge in [-0.3, -0.25) is 9.52 Å². The third-order valence-electron chi connectivity index (χ3n) is 5.54. The number of sulfonamides is 1. The van der Waals surface area contributed by atoms with Crippen molar-refractivity contribution in [2.24, 2.45) is 0 Å². The molecule has 33 heavy (non-hydrogen) atoms. The molecule has 0 saturated carbocycles. The van der Waals surface area contributed by atoms with Gasteiger partial charge in [0.2, 0.25) is 5.91 Å². The standard InChI is InChI=1S/C23H27N3O5S2/c1-16(22(27)26-13-7-3-4-8-14-26)32-23-24-19-15-17(11-12-21(19)31-23)33(28,29)25-18-9-5-6-10-20(18)30-2/h5-6,9-12,15-16,25H,3-4,7-8,13-14H2,1-2H3. The van der Waals surface area contributed by atoms with Crippen LogP contribution >= 0.6 is 11.8 Å². The van der Waals surface area contributed by atoms with Crippen LogP contribution in [0.5, 0.6) is 5.75 Å². The van der Waals surface area contributed by atoms with Gasteiger partial charge in [0.15, 0.2) is 5.58 Å². The van der Waals surface area contributed by atoms with E-state index in [2.05, 4.69) is 9.71 Å². The molecule has 3 aromatic rings. The van der Waals surface area contributed by atoms with E-state index in [1.165, 1.54) is 31.0 Å². The van der Waals surface area contributed by atoms with E-state index in [9.17, 15) is 13.2 Å². The largest absolute Gasteiger partial charge is 0.495 e. The average molecular weight is 490 g/mol. The summed E-state index contributed by atoms with van der Waals surface area (Å²) >= 11 is 1.25. The molecule has 2 heterocycles. The number of carbonyl (C=O) groups excluding carboxylic acids is 1. The third kappa shape index (κ3) is 5.44. The van der Waals surface area contributed by atoms with Crippen molar-refractivity contribution in [1.29, 1.82) is 0 Å². The summed E-state index contributed by atoms with van der Waals surface area (Å²) in [6.45, 7) is 3.43. The molecule has 176 valence electrons. The number of amides is 1. The summed E-state index contributed by atoms with van der Waals surface area (Å²) in [5.74, 6) is 0.499. The van der Waals surface area contributed by atoms with Gasteiger partial charge in [0, 0.05) is 13.1 Å². The first-order chi connectivity index (χ1) is 15.9. The fourth-order valence-corrected chi connectivity index (χ4v) is 5.72. The number of fused-ring (bicyclic) bond motifs is 1. The maximum absolute atomic E-state index is 12.9. The first-order valence-electron chi connectivity index (χ1n) is 10.9. The number of carbonyl (C=O) groups is 1. The minimum Gasteiger partial charge on any atom is -0.495 e. The molecule has 0 aliphatic carbocycles. The molecular weight excluding hydrogens is 462 g/mol. The number of likely N-dealkylation sites (tertiary alicyclic amines) is 1. The molecule has 1 amide bonds. The van der Waals surface area contributed by atoms with Crippen molar-refractivity contribution in [3.8, 4) is 5.75 Å². The van der Waals surface area contributed by atoms with E-state index in [1.54, 1.807) is 30.3 Å².